The van der Waals surface area contributed by atoms with E-state index in [4.69, 9.17) is 5.11 Å². The maximum Gasteiger partial charge on any atom is 0.0447 e. The zero-order valence-electron chi connectivity index (χ0n) is 9.02. The molecule has 2 rings (SSSR count). The van der Waals surface area contributed by atoms with Crippen LogP contribution in [0, 0.1) is 0 Å². The van der Waals surface area contributed by atoms with Crippen LogP contribution in [0.4, 0.5) is 5.69 Å². The third-order valence-electron chi connectivity index (χ3n) is 2.44. The Hall–Kier alpha value is -1.25. The Morgan fingerprint density at radius 1 is 1.00 bits per heavy atom. The molecule has 0 unspecified atom stereocenters. The summed E-state index contributed by atoms with van der Waals surface area (Å²) in [6.45, 7) is 1.04. The van der Waals surface area contributed by atoms with Gasteiger partial charge in [-0.1, -0.05) is 36.4 Å². The standard InChI is InChI=1S/C13H15NO.ClH/c15-10-4-9-14-13-8-3-6-11-5-1-2-7-12(11)13;/h1-3,5-8,14-15H,4,9-10H2;1H. The molecule has 0 aliphatic carbocycles. The van der Waals surface area contributed by atoms with Gasteiger partial charge in [0.2, 0.25) is 0 Å². The van der Waals surface area contributed by atoms with E-state index in [1.165, 1.54) is 10.8 Å². The lowest BCUT2D eigenvalue weighted by Gasteiger charge is -2.08. The summed E-state index contributed by atoms with van der Waals surface area (Å²) in [6, 6.07) is 14.5. The Balaban J connectivity index is 0.00000128. The van der Waals surface area contributed by atoms with Crippen molar-refractivity contribution in [3.8, 4) is 0 Å². The monoisotopic (exact) mass is 237 g/mol. The van der Waals surface area contributed by atoms with Gasteiger partial charge in [-0.15, -0.1) is 12.4 Å². The van der Waals surface area contributed by atoms with Crippen molar-refractivity contribution in [3.63, 3.8) is 0 Å². The second kappa shape index (κ2) is 6.36. The van der Waals surface area contributed by atoms with Crippen LogP contribution in [0.15, 0.2) is 42.5 Å². The number of aliphatic hydroxyl groups excluding tert-OH is 1. The number of hydrogen-bond donors (Lipinski definition) is 2. The lowest BCUT2D eigenvalue weighted by atomic mass is 10.1. The summed E-state index contributed by atoms with van der Waals surface area (Å²) in [6.07, 6.45) is 0.781. The van der Waals surface area contributed by atoms with Crippen molar-refractivity contribution in [2.45, 2.75) is 6.42 Å². The molecule has 0 radical (unpaired) electrons. The van der Waals surface area contributed by atoms with E-state index in [1.807, 2.05) is 18.2 Å². The van der Waals surface area contributed by atoms with E-state index in [9.17, 15) is 0 Å². The Morgan fingerprint density at radius 2 is 1.75 bits per heavy atom. The minimum Gasteiger partial charge on any atom is -0.396 e. The molecule has 0 aromatic heterocycles. The number of benzene rings is 2. The number of aliphatic hydroxyl groups is 1. The molecule has 0 amide bonds. The molecule has 0 bridgehead atoms. The molecule has 0 fully saturated rings. The third-order valence-corrected chi connectivity index (χ3v) is 2.44. The van der Waals surface area contributed by atoms with Gasteiger partial charge in [0.05, 0.1) is 0 Å². The molecule has 0 aliphatic rings. The van der Waals surface area contributed by atoms with E-state index < -0.39 is 0 Å². The lowest BCUT2D eigenvalue weighted by molar-refractivity contribution is 0.292. The number of hydrogen-bond acceptors (Lipinski definition) is 2. The average molecular weight is 238 g/mol. The van der Waals surface area contributed by atoms with Crippen LogP contribution < -0.4 is 5.32 Å². The minimum absolute atomic E-state index is 0. The summed E-state index contributed by atoms with van der Waals surface area (Å²) in [5.74, 6) is 0. The first-order chi connectivity index (χ1) is 7.42. The Kier molecular flexibility index (Phi) is 5.09. The molecule has 0 spiro atoms. The second-order valence-electron chi connectivity index (χ2n) is 3.53. The van der Waals surface area contributed by atoms with E-state index >= 15 is 0 Å². The normalized spacial score (nSPS) is 9.81. The van der Waals surface area contributed by atoms with Crippen LogP contribution in [0.5, 0.6) is 0 Å². The van der Waals surface area contributed by atoms with E-state index in [2.05, 4.69) is 29.6 Å². The molecule has 16 heavy (non-hydrogen) atoms. The van der Waals surface area contributed by atoms with Crippen molar-refractivity contribution in [2.24, 2.45) is 0 Å². The predicted octanol–water partition coefficient (Wildman–Crippen LogP) is 3.06. The van der Waals surface area contributed by atoms with Crippen molar-refractivity contribution in [1.29, 1.82) is 0 Å². The fourth-order valence-electron chi connectivity index (χ4n) is 1.68. The molecule has 2 aromatic rings. The molecule has 0 saturated carbocycles. The highest BCUT2D eigenvalue weighted by molar-refractivity contribution is 5.93. The number of halogens is 1. The van der Waals surface area contributed by atoms with Gasteiger partial charge < -0.3 is 10.4 Å². The fourth-order valence-corrected chi connectivity index (χ4v) is 1.68. The average Bonchev–Trinajstić information content (AvgIpc) is 2.30. The van der Waals surface area contributed by atoms with Crippen LogP contribution >= 0.6 is 12.4 Å². The van der Waals surface area contributed by atoms with E-state index in [0.717, 1.165) is 18.7 Å². The van der Waals surface area contributed by atoms with Gasteiger partial charge in [0.25, 0.3) is 0 Å². The smallest absolute Gasteiger partial charge is 0.0447 e. The van der Waals surface area contributed by atoms with E-state index in [0.29, 0.717) is 0 Å². The summed E-state index contributed by atoms with van der Waals surface area (Å²) in [5.41, 5.74) is 1.14. The van der Waals surface area contributed by atoms with Gasteiger partial charge in [-0.25, -0.2) is 0 Å². The Morgan fingerprint density at radius 3 is 2.56 bits per heavy atom. The number of anilines is 1. The van der Waals surface area contributed by atoms with Gasteiger partial charge in [-0.2, -0.15) is 0 Å². The summed E-state index contributed by atoms with van der Waals surface area (Å²) in [7, 11) is 0. The van der Waals surface area contributed by atoms with Crippen molar-refractivity contribution >= 4 is 28.9 Å². The number of nitrogens with one attached hydrogen (secondary N) is 1. The molecule has 86 valence electrons. The molecule has 0 aliphatic heterocycles. The van der Waals surface area contributed by atoms with Gasteiger partial charge in [-0.05, 0) is 17.9 Å². The summed E-state index contributed by atoms with van der Waals surface area (Å²) in [5, 5.41) is 14.5. The SMILES string of the molecule is Cl.OCCCNc1cccc2ccccc12. The highest BCUT2D eigenvalue weighted by atomic mass is 35.5. The van der Waals surface area contributed by atoms with Crippen molar-refractivity contribution in [3.05, 3.63) is 42.5 Å². The van der Waals surface area contributed by atoms with E-state index in [-0.39, 0.29) is 19.0 Å². The topological polar surface area (TPSA) is 32.3 Å². The first-order valence-electron chi connectivity index (χ1n) is 5.24. The number of fused-ring (bicyclic) bond motifs is 1. The van der Waals surface area contributed by atoms with Crippen LogP contribution in [0.1, 0.15) is 6.42 Å². The van der Waals surface area contributed by atoms with Crippen molar-refractivity contribution in [2.75, 3.05) is 18.5 Å². The third kappa shape index (κ3) is 2.87. The lowest BCUT2D eigenvalue weighted by Crippen LogP contribution is -2.03. The maximum atomic E-state index is 8.72. The summed E-state index contributed by atoms with van der Waals surface area (Å²) in [4.78, 5) is 0. The summed E-state index contributed by atoms with van der Waals surface area (Å²) >= 11 is 0. The highest BCUT2D eigenvalue weighted by Gasteiger charge is 1.97. The highest BCUT2D eigenvalue weighted by Crippen LogP contribution is 2.22. The quantitative estimate of drug-likeness (QED) is 0.802. The Labute approximate surface area is 102 Å². The Bertz CT molecular complexity index is 439. The predicted molar refractivity (Wildman–Crippen MR) is 71.4 cm³/mol. The molecule has 0 atom stereocenters. The van der Waals surface area contributed by atoms with Crippen molar-refractivity contribution in [1.82, 2.24) is 0 Å². The van der Waals surface area contributed by atoms with Crippen LogP contribution in [-0.2, 0) is 0 Å². The molecule has 0 heterocycles. The zero-order valence-corrected chi connectivity index (χ0v) is 9.83. The largest absolute Gasteiger partial charge is 0.396 e. The number of rotatable bonds is 4. The van der Waals surface area contributed by atoms with E-state index in [1.54, 1.807) is 0 Å². The van der Waals surface area contributed by atoms with Crippen LogP contribution in [0.2, 0.25) is 0 Å². The van der Waals surface area contributed by atoms with Crippen molar-refractivity contribution < 1.29 is 5.11 Å². The maximum absolute atomic E-state index is 8.72. The first kappa shape index (κ1) is 12.8. The van der Waals surface area contributed by atoms with Gasteiger partial charge >= 0.3 is 0 Å². The van der Waals surface area contributed by atoms with Crippen LogP contribution in [-0.4, -0.2) is 18.3 Å². The molecule has 2 aromatic carbocycles. The van der Waals surface area contributed by atoms with Crippen LogP contribution in [0.3, 0.4) is 0 Å². The minimum atomic E-state index is 0. The van der Waals surface area contributed by atoms with Crippen LogP contribution in [0.25, 0.3) is 10.8 Å². The summed E-state index contributed by atoms with van der Waals surface area (Å²) < 4.78 is 0. The molecule has 2 N–H and O–H groups in total. The van der Waals surface area contributed by atoms with Gasteiger partial charge in [-0.3, -0.25) is 0 Å². The zero-order chi connectivity index (χ0) is 10.5. The molecular formula is C13H16ClNO. The van der Waals surface area contributed by atoms with Gasteiger partial charge in [0, 0.05) is 24.2 Å². The van der Waals surface area contributed by atoms with Gasteiger partial charge in [0.15, 0.2) is 0 Å². The van der Waals surface area contributed by atoms with Gasteiger partial charge in [0.1, 0.15) is 0 Å². The second-order valence-corrected chi connectivity index (χ2v) is 3.53. The molecular weight excluding hydrogens is 222 g/mol. The molecule has 2 nitrogen and oxygen atoms in total. The molecule has 3 heteroatoms. The molecule has 0 saturated heterocycles. The fraction of sp³-hybridized carbons (Fsp3) is 0.231. The first-order valence-corrected chi connectivity index (χ1v) is 5.24.